The molecule has 0 aliphatic heterocycles. The maximum Gasteiger partial charge on any atom is 0.435 e. The lowest BCUT2D eigenvalue weighted by Crippen LogP contribution is -2.13. The SMILES string of the molecule is CCn1cc(CNC)c(C(F)(F)F)n1. The number of nitrogens with zero attached hydrogens (tertiary/aromatic N) is 2. The van der Waals surface area contributed by atoms with Gasteiger partial charge >= 0.3 is 6.18 Å². The predicted octanol–water partition coefficient (Wildman–Crippen LogP) is 1.64. The molecule has 1 heterocycles. The smallest absolute Gasteiger partial charge is 0.316 e. The first-order valence-corrected chi connectivity index (χ1v) is 4.27. The van der Waals surface area contributed by atoms with E-state index in [4.69, 9.17) is 0 Å². The maximum atomic E-state index is 12.4. The summed E-state index contributed by atoms with van der Waals surface area (Å²) in [4.78, 5) is 0. The van der Waals surface area contributed by atoms with Crippen LogP contribution in [0.2, 0.25) is 0 Å². The Kier molecular flexibility index (Phi) is 3.15. The zero-order chi connectivity index (χ0) is 10.8. The second-order valence-electron chi connectivity index (χ2n) is 2.89. The molecule has 0 fully saturated rings. The summed E-state index contributed by atoms with van der Waals surface area (Å²) in [5, 5.41) is 6.15. The lowest BCUT2D eigenvalue weighted by atomic mass is 10.2. The molecule has 1 aromatic rings. The normalized spacial score (nSPS) is 12.1. The Morgan fingerprint density at radius 1 is 1.50 bits per heavy atom. The summed E-state index contributed by atoms with van der Waals surface area (Å²) in [6, 6.07) is 0. The number of halogens is 3. The summed E-state index contributed by atoms with van der Waals surface area (Å²) in [6.07, 6.45) is -2.95. The van der Waals surface area contributed by atoms with Crippen molar-refractivity contribution in [2.45, 2.75) is 26.2 Å². The van der Waals surface area contributed by atoms with E-state index >= 15 is 0 Å². The highest BCUT2D eigenvalue weighted by Crippen LogP contribution is 2.30. The van der Waals surface area contributed by atoms with Gasteiger partial charge in [0.15, 0.2) is 5.69 Å². The van der Waals surface area contributed by atoms with Gasteiger partial charge < -0.3 is 5.32 Å². The molecule has 0 radical (unpaired) electrons. The Morgan fingerprint density at radius 3 is 2.57 bits per heavy atom. The van der Waals surface area contributed by atoms with E-state index in [1.807, 2.05) is 0 Å². The molecule has 14 heavy (non-hydrogen) atoms. The van der Waals surface area contributed by atoms with Crippen molar-refractivity contribution >= 4 is 0 Å². The van der Waals surface area contributed by atoms with Crippen LogP contribution in [0.15, 0.2) is 6.20 Å². The molecule has 0 spiro atoms. The predicted molar refractivity (Wildman–Crippen MR) is 45.7 cm³/mol. The van der Waals surface area contributed by atoms with Crippen LogP contribution in [0.4, 0.5) is 13.2 Å². The molecule has 1 aromatic heterocycles. The Morgan fingerprint density at radius 2 is 2.14 bits per heavy atom. The molecule has 0 aliphatic carbocycles. The van der Waals surface area contributed by atoms with Crippen molar-refractivity contribution < 1.29 is 13.2 Å². The number of hydrogen-bond donors (Lipinski definition) is 1. The van der Waals surface area contributed by atoms with Crippen molar-refractivity contribution in [3.8, 4) is 0 Å². The minimum Gasteiger partial charge on any atom is -0.316 e. The molecule has 6 heteroatoms. The highest BCUT2D eigenvalue weighted by Gasteiger charge is 2.36. The van der Waals surface area contributed by atoms with E-state index in [1.165, 1.54) is 10.9 Å². The molecule has 0 amide bonds. The van der Waals surface area contributed by atoms with Gasteiger partial charge in [0.1, 0.15) is 0 Å². The van der Waals surface area contributed by atoms with Gasteiger partial charge in [-0.15, -0.1) is 0 Å². The third-order valence-electron chi connectivity index (χ3n) is 1.80. The van der Waals surface area contributed by atoms with E-state index in [0.29, 0.717) is 6.54 Å². The van der Waals surface area contributed by atoms with E-state index in [-0.39, 0.29) is 12.1 Å². The van der Waals surface area contributed by atoms with Crippen molar-refractivity contribution in [2.75, 3.05) is 7.05 Å². The van der Waals surface area contributed by atoms with Crippen molar-refractivity contribution in [3.05, 3.63) is 17.5 Å². The van der Waals surface area contributed by atoms with Crippen LogP contribution < -0.4 is 5.32 Å². The standard InChI is InChI=1S/C8H12F3N3/c1-3-14-5-6(4-12-2)7(13-14)8(9,10)11/h5,12H,3-4H2,1-2H3. The molecule has 1 rings (SSSR count). The first kappa shape index (κ1) is 11.0. The van der Waals surface area contributed by atoms with Gasteiger partial charge in [-0.1, -0.05) is 0 Å². The van der Waals surface area contributed by atoms with Crippen LogP contribution in [0, 0.1) is 0 Å². The Hall–Kier alpha value is -1.04. The number of rotatable bonds is 3. The highest BCUT2D eigenvalue weighted by atomic mass is 19.4. The number of aromatic nitrogens is 2. The fourth-order valence-electron chi connectivity index (χ4n) is 1.18. The molecule has 1 N–H and O–H groups in total. The van der Waals surface area contributed by atoms with Gasteiger partial charge in [0.05, 0.1) is 0 Å². The number of hydrogen-bond acceptors (Lipinski definition) is 2. The Balaban J connectivity index is 3.06. The Labute approximate surface area is 79.9 Å². The van der Waals surface area contributed by atoms with E-state index in [9.17, 15) is 13.2 Å². The van der Waals surface area contributed by atoms with Gasteiger partial charge in [-0.25, -0.2) is 0 Å². The van der Waals surface area contributed by atoms with Crippen LogP contribution in [-0.2, 0) is 19.3 Å². The van der Waals surface area contributed by atoms with Gasteiger partial charge in [-0.3, -0.25) is 4.68 Å². The minimum atomic E-state index is -4.37. The molecule has 0 aliphatic rings. The second kappa shape index (κ2) is 4.00. The van der Waals surface area contributed by atoms with Crippen molar-refractivity contribution in [3.63, 3.8) is 0 Å². The molecule has 0 saturated carbocycles. The van der Waals surface area contributed by atoms with Crippen LogP contribution in [-0.4, -0.2) is 16.8 Å². The van der Waals surface area contributed by atoms with Crippen LogP contribution in [0.3, 0.4) is 0 Å². The molecule has 0 saturated heterocycles. The third kappa shape index (κ3) is 2.25. The summed E-state index contributed by atoms with van der Waals surface area (Å²) >= 11 is 0. The van der Waals surface area contributed by atoms with Gasteiger partial charge in [-0.2, -0.15) is 18.3 Å². The summed E-state index contributed by atoms with van der Waals surface area (Å²) in [5.41, 5.74) is -0.615. The quantitative estimate of drug-likeness (QED) is 0.816. The molecular weight excluding hydrogens is 195 g/mol. The van der Waals surface area contributed by atoms with Crippen molar-refractivity contribution in [1.29, 1.82) is 0 Å². The molecule has 0 atom stereocenters. The van der Waals surface area contributed by atoms with Crippen LogP contribution in [0.25, 0.3) is 0 Å². The lowest BCUT2D eigenvalue weighted by Gasteiger charge is -2.04. The first-order chi connectivity index (χ1) is 6.49. The first-order valence-electron chi connectivity index (χ1n) is 4.27. The Bertz CT molecular complexity index is 303. The van der Waals surface area contributed by atoms with Crippen LogP contribution in [0.5, 0.6) is 0 Å². The average Bonchev–Trinajstić information content (AvgIpc) is 2.48. The van der Waals surface area contributed by atoms with Crippen LogP contribution in [0.1, 0.15) is 18.2 Å². The largest absolute Gasteiger partial charge is 0.435 e. The number of nitrogens with one attached hydrogen (secondary N) is 1. The topological polar surface area (TPSA) is 29.9 Å². The van der Waals surface area contributed by atoms with E-state index in [2.05, 4.69) is 10.4 Å². The van der Waals surface area contributed by atoms with Crippen molar-refractivity contribution in [2.24, 2.45) is 0 Å². The monoisotopic (exact) mass is 207 g/mol. The van der Waals surface area contributed by atoms with Gasteiger partial charge in [0, 0.05) is 24.8 Å². The zero-order valence-corrected chi connectivity index (χ0v) is 8.02. The van der Waals surface area contributed by atoms with Gasteiger partial charge in [0.2, 0.25) is 0 Å². The fourth-order valence-corrected chi connectivity index (χ4v) is 1.18. The average molecular weight is 207 g/mol. The van der Waals surface area contributed by atoms with E-state index in [1.54, 1.807) is 14.0 Å². The molecular formula is C8H12F3N3. The zero-order valence-electron chi connectivity index (χ0n) is 8.02. The second-order valence-corrected chi connectivity index (χ2v) is 2.89. The highest BCUT2D eigenvalue weighted by molar-refractivity contribution is 5.19. The molecule has 3 nitrogen and oxygen atoms in total. The minimum absolute atomic E-state index is 0.175. The number of alkyl halides is 3. The number of aryl methyl sites for hydroxylation is 1. The molecule has 0 bridgehead atoms. The lowest BCUT2D eigenvalue weighted by molar-refractivity contribution is -0.142. The fraction of sp³-hybridized carbons (Fsp3) is 0.625. The van der Waals surface area contributed by atoms with Crippen molar-refractivity contribution in [1.82, 2.24) is 15.1 Å². The third-order valence-corrected chi connectivity index (χ3v) is 1.80. The van der Waals surface area contributed by atoms with E-state index < -0.39 is 11.9 Å². The van der Waals surface area contributed by atoms with Gasteiger partial charge in [0.25, 0.3) is 0 Å². The van der Waals surface area contributed by atoms with Gasteiger partial charge in [-0.05, 0) is 14.0 Å². The molecule has 0 unspecified atom stereocenters. The molecule has 80 valence electrons. The summed E-state index contributed by atoms with van der Waals surface area (Å²) in [6.45, 7) is 2.36. The summed E-state index contributed by atoms with van der Waals surface area (Å²) in [7, 11) is 1.60. The molecule has 0 aromatic carbocycles. The maximum absolute atomic E-state index is 12.4. The summed E-state index contributed by atoms with van der Waals surface area (Å²) < 4.78 is 38.5. The van der Waals surface area contributed by atoms with E-state index in [0.717, 1.165) is 0 Å². The summed E-state index contributed by atoms with van der Waals surface area (Å²) in [5.74, 6) is 0. The van der Waals surface area contributed by atoms with Crippen LogP contribution >= 0.6 is 0 Å².